The van der Waals surface area contributed by atoms with E-state index >= 15 is 0 Å². The Kier molecular flexibility index (Phi) is 6.79. The van der Waals surface area contributed by atoms with Gasteiger partial charge in [-0.15, -0.1) is 0 Å². The zero-order valence-corrected chi connectivity index (χ0v) is 12.9. The van der Waals surface area contributed by atoms with Gasteiger partial charge in [0.05, 0.1) is 0 Å². The van der Waals surface area contributed by atoms with Crippen molar-refractivity contribution >= 4 is 0 Å². The number of hydrogen-bond donors (Lipinski definition) is 2. The van der Waals surface area contributed by atoms with E-state index in [0.29, 0.717) is 6.42 Å². The predicted molar refractivity (Wildman–Crippen MR) is 87.8 cm³/mol. The SMILES string of the molecule is NC(CCO)c1ccc(C#CCCC2CCCCC2)cc1. The average molecular weight is 285 g/mol. The number of rotatable bonds is 5. The zero-order valence-electron chi connectivity index (χ0n) is 12.9. The second-order valence-corrected chi connectivity index (χ2v) is 6.09. The molecule has 0 aromatic heterocycles. The largest absolute Gasteiger partial charge is 0.396 e. The van der Waals surface area contributed by atoms with Crippen LogP contribution in [0.5, 0.6) is 0 Å². The lowest BCUT2D eigenvalue weighted by Gasteiger charge is -2.20. The van der Waals surface area contributed by atoms with Crippen molar-refractivity contribution in [3.8, 4) is 11.8 Å². The Hall–Kier alpha value is -1.30. The van der Waals surface area contributed by atoms with Crippen LogP contribution >= 0.6 is 0 Å². The van der Waals surface area contributed by atoms with Crippen molar-refractivity contribution in [3.05, 3.63) is 35.4 Å². The molecule has 0 radical (unpaired) electrons. The molecule has 0 saturated heterocycles. The molecule has 2 heteroatoms. The van der Waals surface area contributed by atoms with Gasteiger partial charge in [-0.3, -0.25) is 0 Å². The van der Waals surface area contributed by atoms with Crippen LogP contribution in [0.3, 0.4) is 0 Å². The van der Waals surface area contributed by atoms with E-state index in [9.17, 15) is 0 Å². The summed E-state index contributed by atoms with van der Waals surface area (Å²) in [5.41, 5.74) is 8.08. The van der Waals surface area contributed by atoms with Crippen molar-refractivity contribution in [3.63, 3.8) is 0 Å². The smallest absolute Gasteiger partial charge is 0.0449 e. The van der Waals surface area contributed by atoms with E-state index in [1.165, 1.54) is 38.5 Å². The predicted octanol–water partition coefficient (Wildman–Crippen LogP) is 3.78. The molecule has 0 heterocycles. The molecule has 2 rings (SSSR count). The van der Waals surface area contributed by atoms with Crippen LogP contribution in [-0.4, -0.2) is 11.7 Å². The molecule has 114 valence electrons. The molecule has 1 unspecified atom stereocenters. The van der Waals surface area contributed by atoms with Gasteiger partial charge < -0.3 is 10.8 Å². The van der Waals surface area contributed by atoms with E-state index < -0.39 is 0 Å². The Labute approximate surface area is 128 Å². The molecule has 1 atom stereocenters. The van der Waals surface area contributed by atoms with E-state index in [0.717, 1.165) is 23.5 Å². The lowest BCUT2D eigenvalue weighted by atomic mass is 9.86. The first-order valence-electron chi connectivity index (χ1n) is 8.25. The fourth-order valence-corrected chi connectivity index (χ4v) is 3.04. The van der Waals surface area contributed by atoms with Gasteiger partial charge >= 0.3 is 0 Å². The Morgan fingerprint density at radius 2 is 1.86 bits per heavy atom. The van der Waals surface area contributed by atoms with Crippen LogP contribution < -0.4 is 5.73 Å². The standard InChI is InChI=1S/C19H27NO/c20-19(14-15-21)18-12-10-17(11-13-18)9-5-4-8-16-6-2-1-3-7-16/h10-13,16,19,21H,1-4,6-8,14-15,20H2. The molecular weight excluding hydrogens is 258 g/mol. The molecule has 1 aliphatic carbocycles. The topological polar surface area (TPSA) is 46.2 Å². The Morgan fingerprint density at radius 3 is 2.52 bits per heavy atom. The molecule has 21 heavy (non-hydrogen) atoms. The van der Waals surface area contributed by atoms with E-state index in [2.05, 4.69) is 11.8 Å². The molecule has 3 N–H and O–H groups in total. The van der Waals surface area contributed by atoms with Crippen LogP contribution in [0.15, 0.2) is 24.3 Å². The third kappa shape index (κ3) is 5.53. The Morgan fingerprint density at radius 1 is 1.14 bits per heavy atom. The molecule has 1 saturated carbocycles. The summed E-state index contributed by atoms with van der Waals surface area (Å²) in [6, 6.07) is 8.01. The summed E-state index contributed by atoms with van der Waals surface area (Å²) < 4.78 is 0. The van der Waals surface area contributed by atoms with Gasteiger partial charge in [-0.2, -0.15) is 0 Å². The fourth-order valence-electron chi connectivity index (χ4n) is 3.04. The maximum atomic E-state index is 8.90. The van der Waals surface area contributed by atoms with Crippen LogP contribution in [0.1, 0.15) is 68.5 Å². The van der Waals surface area contributed by atoms with Gasteiger partial charge in [0.15, 0.2) is 0 Å². The first kappa shape index (κ1) is 16.1. The molecule has 0 amide bonds. The number of aliphatic hydroxyl groups is 1. The molecule has 1 aromatic rings. The highest BCUT2D eigenvalue weighted by atomic mass is 16.3. The molecule has 0 aliphatic heterocycles. The molecule has 1 aromatic carbocycles. The lowest BCUT2D eigenvalue weighted by Crippen LogP contribution is -2.11. The van der Waals surface area contributed by atoms with E-state index in [4.69, 9.17) is 10.8 Å². The number of aliphatic hydroxyl groups excluding tert-OH is 1. The third-order valence-electron chi connectivity index (χ3n) is 4.41. The monoisotopic (exact) mass is 285 g/mol. The molecule has 0 spiro atoms. The molecule has 1 fully saturated rings. The van der Waals surface area contributed by atoms with Crippen LogP contribution in [0.2, 0.25) is 0 Å². The maximum Gasteiger partial charge on any atom is 0.0449 e. The Bertz CT molecular complexity index is 463. The minimum Gasteiger partial charge on any atom is -0.396 e. The summed E-state index contributed by atoms with van der Waals surface area (Å²) in [7, 11) is 0. The highest BCUT2D eigenvalue weighted by Gasteiger charge is 2.11. The first-order chi connectivity index (χ1) is 10.3. The minimum atomic E-state index is -0.0803. The summed E-state index contributed by atoms with van der Waals surface area (Å²) in [6.45, 7) is 0.129. The van der Waals surface area contributed by atoms with Crippen LogP contribution in [-0.2, 0) is 0 Å². The summed E-state index contributed by atoms with van der Waals surface area (Å²) in [5, 5.41) is 8.90. The second-order valence-electron chi connectivity index (χ2n) is 6.09. The quantitative estimate of drug-likeness (QED) is 0.809. The van der Waals surface area contributed by atoms with Gasteiger partial charge in [-0.25, -0.2) is 0 Å². The normalized spacial score (nSPS) is 17.0. The van der Waals surface area contributed by atoms with Crippen molar-refractivity contribution in [1.82, 2.24) is 0 Å². The van der Waals surface area contributed by atoms with Gasteiger partial charge in [-0.1, -0.05) is 56.1 Å². The third-order valence-corrected chi connectivity index (χ3v) is 4.41. The van der Waals surface area contributed by atoms with Gasteiger partial charge in [-0.05, 0) is 36.5 Å². The van der Waals surface area contributed by atoms with Crippen LogP contribution in [0.4, 0.5) is 0 Å². The summed E-state index contributed by atoms with van der Waals surface area (Å²) in [6.07, 6.45) is 9.92. The van der Waals surface area contributed by atoms with Crippen molar-refractivity contribution in [1.29, 1.82) is 0 Å². The summed E-state index contributed by atoms with van der Waals surface area (Å²) in [4.78, 5) is 0. The fraction of sp³-hybridized carbons (Fsp3) is 0.579. The van der Waals surface area contributed by atoms with Crippen molar-refractivity contribution in [2.75, 3.05) is 6.61 Å². The van der Waals surface area contributed by atoms with E-state index in [1.54, 1.807) is 0 Å². The zero-order chi connectivity index (χ0) is 14.9. The summed E-state index contributed by atoms with van der Waals surface area (Å²) >= 11 is 0. The minimum absolute atomic E-state index is 0.0803. The number of hydrogen-bond acceptors (Lipinski definition) is 2. The highest BCUT2D eigenvalue weighted by Crippen LogP contribution is 2.26. The molecule has 1 aliphatic rings. The van der Waals surface area contributed by atoms with Crippen molar-refractivity contribution in [2.45, 2.75) is 57.4 Å². The van der Waals surface area contributed by atoms with Crippen LogP contribution in [0.25, 0.3) is 0 Å². The number of benzene rings is 1. The molecular formula is C19H27NO. The number of nitrogens with two attached hydrogens (primary N) is 1. The van der Waals surface area contributed by atoms with Gasteiger partial charge in [0.2, 0.25) is 0 Å². The first-order valence-corrected chi connectivity index (χ1v) is 8.25. The lowest BCUT2D eigenvalue weighted by molar-refractivity contribution is 0.276. The Balaban J connectivity index is 1.79. The van der Waals surface area contributed by atoms with Gasteiger partial charge in [0.25, 0.3) is 0 Å². The van der Waals surface area contributed by atoms with E-state index in [1.807, 2.05) is 24.3 Å². The maximum absolute atomic E-state index is 8.90. The highest BCUT2D eigenvalue weighted by molar-refractivity contribution is 5.36. The van der Waals surface area contributed by atoms with E-state index in [-0.39, 0.29) is 12.6 Å². The van der Waals surface area contributed by atoms with Gasteiger partial charge in [0, 0.05) is 24.6 Å². The molecule has 0 bridgehead atoms. The van der Waals surface area contributed by atoms with Gasteiger partial charge in [0.1, 0.15) is 0 Å². The van der Waals surface area contributed by atoms with Crippen LogP contribution in [0, 0.1) is 17.8 Å². The average Bonchev–Trinajstić information content (AvgIpc) is 2.53. The van der Waals surface area contributed by atoms with Crippen molar-refractivity contribution in [2.24, 2.45) is 11.7 Å². The summed E-state index contributed by atoms with van der Waals surface area (Å²) in [5.74, 6) is 7.45. The van der Waals surface area contributed by atoms with Crippen molar-refractivity contribution < 1.29 is 5.11 Å². The second kappa shape index (κ2) is 8.87. The molecule has 2 nitrogen and oxygen atoms in total.